The van der Waals surface area contributed by atoms with Crippen LogP contribution in [-0.4, -0.2) is 9.13 Å². The molecule has 596 valence electrons. The Bertz CT molecular complexity index is 7280. The van der Waals surface area contributed by atoms with Crippen LogP contribution >= 0.6 is 0 Å². The van der Waals surface area contributed by atoms with E-state index in [1.165, 1.54) is 116 Å². The lowest BCUT2D eigenvalue weighted by Gasteiger charge is -2.37. The van der Waals surface area contributed by atoms with Gasteiger partial charge in [0, 0.05) is 66.9 Å². The zero-order valence-corrected chi connectivity index (χ0v) is 69.6. The highest BCUT2D eigenvalue weighted by Crippen LogP contribution is 2.50. The van der Waals surface area contributed by atoms with Gasteiger partial charge in [0.05, 0.1) is 38.6 Å². The van der Waals surface area contributed by atoms with Crippen molar-refractivity contribution in [1.29, 1.82) is 0 Å². The van der Waals surface area contributed by atoms with Gasteiger partial charge in [0.25, 0.3) is 0 Å². The van der Waals surface area contributed by atoms with Crippen molar-refractivity contribution < 1.29 is 0 Å². The van der Waals surface area contributed by atoms with E-state index in [1.54, 1.807) is 0 Å². The van der Waals surface area contributed by atoms with Crippen LogP contribution < -0.4 is 9.80 Å². The molecule has 22 aromatic rings. The zero-order valence-electron chi connectivity index (χ0n) is 69.6. The molecule has 0 radical (unpaired) electrons. The second-order valence-electron chi connectivity index (χ2n) is 32.2. The Morgan fingerprint density at radius 3 is 0.802 bits per heavy atom. The van der Waals surface area contributed by atoms with Crippen molar-refractivity contribution in [2.75, 3.05) is 9.80 Å². The predicted octanol–water partition coefficient (Wildman–Crippen LogP) is 31.9. The minimum Gasteiger partial charge on any atom is -0.310 e. The lowest BCUT2D eigenvalue weighted by atomic mass is 9.65. The third-order valence-corrected chi connectivity index (χ3v) is 25.1. The number of aromatic nitrogens is 2. The summed E-state index contributed by atoms with van der Waals surface area (Å²) < 4.78 is 4.78. The summed E-state index contributed by atoms with van der Waals surface area (Å²) in [7, 11) is 0. The molecule has 4 nitrogen and oxygen atoms in total. The van der Waals surface area contributed by atoms with Gasteiger partial charge in [-0.1, -0.05) is 431 Å². The average molecular weight is 1610 g/mol. The Morgan fingerprint density at radius 2 is 0.413 bits per heavy atom. The van der Waals surface area contributed by atoms with Gasteiger partial charge in [-0.05, 0) is 187 Å². The van der Waals surface area contributed by atoms with Gasteiger partial charge in [0.15, 0.2) is 0 Å². The number of benzene rings is 20. The van der Waals surface area contributed by atoms with E-state index in [-0.39, 0.29) is 0 Å². The van der Waals surface area contributed by atoms with E-state index >= 15 is 0 Å². The number of hydrogen-bond donors (Lipinski definition) is 0. The molecule has 2 heterocycles. The Balaban J connectivity index is 0.000000154. The molecular formula is C122H88N4. The summed E-state index contributed by atoms with van der Waals surface area (Å²) in [6.07, 6.45) is 0. The van der Waals surface area contributed by atoms with Crippen LogP contribution in [0.2, 0.25) is 0 Å². The number of para-hydroxylation sites is 5. The Morgan fingerprint density at radius 1 is 0.151 bits per heavy atom. The maximum Gasteiger partial charge on any atom is 0.0701 e. The Hall–Kier alpha value is -16.4. The monoisotopic (exact) mass is 1610 g/mol. The highest BCUT2D eigenvalue weighted by atomic mass is 15.2. The van der Waals surface area contributed by atoms with Crippen molar-refractivity contribution in [2.45, 2.75) is 10.8 Å². The predicted molar refractivity (Wildman–Crippen MR) is 529 cm³/mol. The van der Waals surface area contributed by atoms with Gasteiger partial charge in [-0.15, -0.1) is 0 Å². The lowest BCUT2D eigenvalue weighted by molar-refractivity contribution is 0.745. The van der Waals surface area contributed by atoms with E-state index < -0.39 is 10.8 Å². The van der Waals surface area contributed by atoms with Crippen LogP contribution in [0.25, 0.3) is 99.5 Å². The van der Waals surface area contributed by atoms with E-state index in [4.69, 9.17) is 0 Å². The van der Waals surface area contributed by atoms with Crippen molar-refractivity contribution in [1.82, 2.24) is 9.13 Å². The molecule has 0 spiro atoms. The fraction of sp³-hybridized carbons (Fsp3) is 0.0164. The molecule has 0 saturated carbocycles. The first-order valence-corrected chi connectivity index (χ1v) is 43.4. The number of fused-ring (bicyclic) bond motifs is 6. The molecule has 20 aromatic carbocycles. The lowest BCUT2D eigenvalue weighted by Crippen LogP contribution is -2.30. The van der Waals surface area contributed by atoms with Gasteiger partial charge < -0.3 is 18.9 Å². The standard InChI is InChI=1S/2C61H44N2/c1-6-20-47(21-7-1)55-30-16-18-32-58(55)62(54-42-43-57-56-31-17-19-33-59(56)63(60(57)44-54)52-28-14-5-15-29-52)53-40-36-46(37-41-53)45-34-38-51(39-35-45)61(48-22-8-2-9-23-48,49-24-10-3-11-25-49)50-26-12-4-13-27-50;1-6-19-45(20-7-1)48-21-18-30-55(43-48)62(56-41-42-58-57-31-16-17-32-59(57)63(60(58)44-56)53-28-14-5-15-29-53)54-39-35-47(36-40-54)46-33-37-52(38-34-46)61(49-22-8-2-9-23-49,50-24-10-3-11-25-50)51-26-12-4-13-27-51/h2*1-44H. The third-order valence-electron chi connectivity index (χ3n) is 25.1. The molecule has 2 aromatic heterocycles. The van der Waals surface area contributed by atoms with Crippen LogP contribution in [-0.2, 0) is 10.8 Å². The second-order valence-corrected chi connectivity index (χ2v) is 32.2. The van der Waals surface area contributed by atoms with E-state index in [9.17, 15) is 0 Å². The van der Waals surface area contributed by atoms with Gasteiger partial charge in [0.1, 0.15) is 0 Å². The van der Waals surface area contributed by atoms with Gasteiger partial charge in [-0.2, -0.15) is 0 Å². The summed E-state index contributed by atoms with van der Waals surface area (Å²) in [5.41, 5.74) is 31.7. The summed E-state index contributed by atoms with van der Waals surface area (Å²) in [6, 6.07) is 194. The second kappa shape index (κ2) is 34.3. The fourth-order valence-electron chi connectivity index (χ4n) is 19.3. The summed E-state index contributed by atoms with van der Waals surface area (Å²) in [5, 5.41) is 4.93. The molecule has 0 unspecified atom stereocenters. The largest absolute Gasteiger partial charge is 0.310 e. The molecule has 0 fully saturated rings. The third kappa shape index (κ3) is 14.3. The molecule has 0 N–H and O–H groups in total. The van der Waals surface area contributed by atoms with Crippen LogP contribution in [0.4, 0.5) is 34.1 Å². The van der Waals surface area contributed by atoms with Gasteiger partial charge >= 0.3 is 0 Å². The summed E-state index contributed by atoms with van der Waals surface area (Å²) in [5.74, 6) is 0. The van der Waals surface area contributed by atoms with E-state index in [0.29, 0.717) is 0 Å². The molecule has 126 heavy (non-hydrogen) atoms. The molecule has 0 aliphatic carbocycles. The summed E-state index contributed by atoms with van der Waals surface area (Å²) in [4.78, 5) is 4.80. The van der Waals surface area contributed by atoms with Crippen molar-refractivity contribution in [3.05, 3.63) is 578 Å². The van der Waals surface area contributed by atoms with E-state index in [0.717, 1.165) is 62.1 Å². The van der Waals surface area contributed by atoms with E-state index in [1.807, 2.05) is 0 Å². The number of hydrogen-bond acceptors (Lipinski definition) is 2. The minimum absolute atomic E-state index is 0.492. The molecule has 0 bridgehead atoms. The van der Waals surface area contributed by atoms with Crippen LogP contribution in [0.15, 0.2) is 534 Å². The SMILES string of the molecule is c1ccc(-c2cccc(N(c3ccc(-c4ccc(C(c5ccccc5)(c5ccccc5)c5ccccc5)cc4)cc3)c3ccc4c5ccccc5n(-c5ccccc5)c4c3)c2)cc1.c1ccc(-c2ccccc2N(c2ccc(-c3ccc(C(c4ccccc4)(c4ccccc4)c4ccccc4)cc3)cc2)c2ccc3c4ccccc4n(-c4ccccc4)c3c2)cc1. The molecule has 0 aliphatic heterocycles. The minimum atomic E-state index is -0.494. The molecule has 0 aliphatic rings. The van der Waals surface area contributed by atoms with Crippen LogP contribution in [0.5, 0.6) is 0 Å². The molecule has 0 saturated heterocycles. The van der Waals surface area contributed by atoms with Gasteiger partial charge in [-0.3, -0.25) is 0 Å². The van der Waals surface area contributed by atoms with Crippen molar-refractivity contribution >= 4 is 77.7 Å². The van der Waals surface area contributed by atoms with E-state index in [2.05, 4.69) is 553 Å². The fourth-order valence-corrected chi connectivity index (χ4v) is 19.3. The molecular weight excluding hydrogens is 1520 g/mol. The van der Waals surface area contributed by atoms with Crippen LogP contribution in [0.3, 0.4) is 0 Å². The first-order chi connectivity index (χ1) is 62.5. The number of rotatable bonds is 20. The highest BCUT2D eigenvalue weighted by molar-refractivity contribution is 6.12. The molecule has 4 heteroatoms. The Labute approximate surface area is 736 Å². The average Bonchev–Trinajstić information content (AvgIpc) is 0.919. The van der Waals surface area contributed by atoms with Crippen molar-refractivity contribution in [3.63, 3.8) is 0 Å². The summed E-state index contributed by atoms with van der Waals surface area (Å²) >= 11 is 0. The zero-order chi connectivity index (χ0) is 84.0. The van der Waals surface area contributed by atoms with Crippen molar-refractivity contribution in [2.24, 2.45) is 0 Å². The molecule has 0 amide bonds. The smallest absolute Gasteiger partial charge is 0.0701 e. The summed E-state index contributed by atoms with van der Waals surface area (Å²) in [6.45, 7) is 0. The van der Waals surface area contributed by atoms with Crippen LogP contribution in [0.1, 0.15) is 44.5 Å². The normalized spacial score (nSPS) is 11.5. The first-order valence-electron chi connectivity index (χ1n) is 43.4. The molecule has 0 atom stereocenters. The van der Waals surface area contributed by atoms with Crippen molar-refractivity contribution in [3.8, 4) is 55.9 Å². The maximum absolute atomic E-state index is 2.41. The van der Waals surface area contributed by atoms with Crippen LogP contribution in [0, 0.1) is 0 Å². The highest BCUT2D eigenvalue weighted by Gasteiger charge is 2.40. The van der Waals surface area contributed by atoms with Gasteiger partial charge in [0.2, 0.25) is 0 Å². The first kappa shape index (κ1) is 77.0. The number of anilines is 6. The topological polar surface area (TPSA) is 16.3 Å². The number of nitrogens with zero attached hydrogens (tertiary/aromatic N) is 4. The maximum atomic E-state index is 2.41. The quantitative estimate of drug-likeness (QED) is 0.0707. The molecule has 22 rings (SSSR count). The van der Waals surface area contributed by atoms with Gasteiger partial charge in [-0.25, -0.2) is 0 Å². The Kier molecular flexibility index (Phi) is 20.9.